The Kier molecular flexibility index (Phi) is 3.71. The van der Waals surface area contributed by atoms with Crippen LogP contribution in [0, 0.1) is 0 Å². The molecule has 2 aromatic carbocycles. The van der Waals surface area contributed by atoms with Crippen LogP contribution < -0.4 is 0 Å². The Morgan fingerprint density at radius 3 is 2.12 bits per heavy atom. The smallest absolute Gasteiger partial charge is 0.284 e. The van der Waals surface area contributed by atoms with E-state index in [1.54, 1.807) is 6.07 Å². The molecule has 0 saturated heterocycles. The normalized spacial score (nSPS) is 12.5. The van der Waals surface area contributed by atoms with Crippen LogP contribution in [0.25, 0.3) is 10.9 Å². The first-order chi connectivity index (χ1) is 11.2. The highest BCUT2D eigenvalue weighted by molar-refractivity contribution is 7.90. The fraction of sp³-hybridized carbons (Fsp3) is 0.0625. The highest BCUT2D eigenvalue weighted by atomic mass is 32.2. The van der Waals surface area contributed by atoms with Gasteiger partial charge in [-0.1, -0.05) is 36.4 Å². The number of ketones is 1. The molecule has 0 aliphatic heterocycles. The van der Waals surface area contributed by atoms with Gasteiger partial charge < -0.3 is 0 Å². The minimum atomic E-state index is -5.09. The van der Waals surface area contributed by atoms with Crippen LogP contribution in [0.15, 0.2) is 65.7 Å². The predicted octanol–water partition coefficient (Wildman–Crippen LogP) is 3.62. The molecule has 0 aliphatic carbocycles. The number of rotatable bonds is 3. The van der Waals surface area contributed by atoms with Crippen molar-refractivity contribution in [3.05, 3.63) is 66.4 Å². The molecule has 0 aliphatic rings. The van der Waals surface area contributed by atoms with E-state index >= 15 is 0 Å². The van der Waals surface area contributed by atoms with E-state index in [2.05, 4.69) is 0 Å². The molecule has 0 fully saturated rings. The third kappa shape index (κ3) is 2.58. The van der Waals surface area contributed by atoms with Gasteiger partial charge in [0.05, 0.1) is 16.0 Å². The number of nitrogens with zero attached hydrogens (tertiary/aromatic N) is 1. The van der Waals surface area contributed by atoms with Gasteiger partial charge in [-0.25, -0.2) is 12.4 Å². The van der Waals surface area contributed by atoms with E-state index in [4.69, 9.17) is 0 Å². The maximum atomic E-state index is 12.8. The molecule has 124 valence electrons. The third-order valence-electron chi connectivity index (χ3n) is 3.48. The number of hydrogen-bond donors (Lipinski definition) is 0. The first kappa shape index (κ1) is 16.3. The number of halogens is 3. The van der Waals surface area contributed by atoms with E-state index in [-0.39, 0.29) is 15.8 Å². The summed E-state index contributed by atoms with van der Waals surface area (Å²) in [6.07, 6.45) is -4.37. The van der Waals surface area contributed by atoms with Gasteiger partial charge in [0.25, 0.3) is 15.8 Å². The fourth-order valence-electron chi connectivity index (χ4n) is 2.39. The first-order valence-electron chi connectivity index (χ1n) is 6.75. The molecule has 0 spiro atoms. The molecular formula is C16H10F3NO3S. The van der Waals surface area contributed by atoms with E-state index in [1.165, 1.54) is 48.5 Å². The SMILES string of the molecule is O=C(c1cn(S(=O)(=O)c2ccccc2)c2ccccc12)C(F)(F)F. The second kappa shape index (κ2) is 5.48. The van der Waals surface area contributed by atoms with Crippen LogP contribution in [0.5, 0.6) is 0 Å². The van der Waals surface area contributed by atoms with Gasteiger partial charge in [-0.2, -0.15) is 13.2 Å². The van der Waals surface area contributed by atoms with E-state index in [0.29, 0.717) is 3.97 Å². The highest BCUT2D eigenvalue weighted by Crippen LogP contribution is 2.30. The number of fused-ring (bicyclic) bond motifs is 1. The Balaban J connectivity index is 2.30. The summed E-state index contributed by atoms with van der Waals surface area (Å²) < 4.78 is 64.5. The Morgan fingerprint density at radius 2 is 1.50 bits per heavy atom. The fourth-order valence-corrected chi connectivity index (χ4v) is 3.78. The summed E-state index contributed by atoms with van der Waals surface area (Å²) in [6, 6.07) is 12.8. The molecule has 24 heavy (non-hydrogen) atoms. The molecule has 0 N–H and O–H groups in total. The molecule has 0 amide bonds. The average molecular weight is 353 g/mol. The van der Waals surface area contributed by atoms with Crippen LogP contribution in [0.3, 0.4) is 0 Å². The molecule has 0 radical (unpaired) electrons. The molecule has 0 unspecified atom stereocenters. The van der Waals surface area contributed by atoms with E-state index in [0.717, 1.165) is 6.20 Å². The van der Waals surface area contributed by atoms with Gasteiger partial charge in [0.2, 0.25) is 0 Å². The summed E-state index contributed by atoms with van der Waals surface area (Å²) >= 11 is 0. The minimum Gasteiger partial charge on any atom is -0.284 e. The van der Waals surface area contributed by atoms with E-state index in [9.17, 15) is 26.4 Å². The van der Waals surface area contributed by atoms with Gasteiger partial charge in [0, 0.05) is 11.6 Å². The van der Waals surface area contributed by atoms with Crippen molar-refractivity contribution >= 4 is 26.7 Å². The summed E-state index contributed by atoms with van der Waals surface area (Å²) in [6.45, 7) is 0. The Labute approximate surface area is 135 Å². The van der Waals surface area contributed by atoms with E-state index < -0.39 is 27.5 Å². The van der Waals surface area contributed by atoms with Gasteiger partial charge in [-0.15, -0.1) is 0 Å². The largest absolute Gasteiger partial charge is 0.454 e. The van der Waals surface area contributed by atoms with Crippen molar-refractivity contribution in [2.45, 2.75) is 11.1 Å². The number of para-hydroxylation sites is 1. The summed E-state index contributed by atoms with van der Waals surface area (Å²) in [4.78, 5) is 11.5. The Hall–Kier alpha value is -2.61. The lowest BCUT2D eigenvalue weighted by molar-refractivity contribution is -0.0884. The van der Waals surface area contributed by atoms with Crippen LogP contribution in [-0.2, 0) is 10.0 Å². The number of benzene rings is 2. The van der Waals surface area contributed by atoms with Crippen molar-refractivity contribution in [2.24, 2.45) is 0 Å². The van der Waals surface area contributed by atoms with Gasteiger partial charge in [0.15, 0.2) is 0 Å². The van der Waals surface area contributed by atoms with Gasteiger partial charge in [0.1, 0.15) is 0 Å². The van der Waals surface area contributed by atoms with Crippen LogP contribution in [0.2, 0.25) is 0 Å². The zero-order valence-electron chi connectivity index (χ0n) is 12.0. The van der Waals surface area contributed by atoms with Crippen molar-refractivity contribution in [3.8, 4) is 0 Å². The van der Waals surface area contributed by atoms with Gasteiger partial charge >= 0.3 is 6.18 Å². The van der Waals surface area contributed by atoms with Crippen LogP contribution in [0.4, 0.5) is 13.2 Å². The second-order valence-corrected chi connectivity index (χ2v) is 6.82. The first-order valence-corrected chi connectivity index (χ1v) is 8.19. The predicted molar refractivity (Wildman–Crippen MR) is 81.3 cm³/mol. The summed E-state index contributed by atoms with van der Waals surface area (Å²) in [5.41, 5.74) is -0.688. The van der Waals surface area contributed by atoms with E-state index in [1.807, 2.05) is 0 Å². The molecule has 8 heteroatoms. The monoisotopic (exact) mass is 353 g/mol. The van der Waals surface area contributed by atoms with Crippen molar-refractivity contribution < 1.29 is 26.4 Å². The zero-order chi connectivity index (χ0) is 17.5. The molecule has 1 aromatic heterocycles. The Bertz CT molecular complexity index is 1020. The standard InChI is InChI=1S/C16H10F3NO3S/c17-16(18,19)15(21)13-10-20(14-9-5-4-8-12(13)14)24(22,23)11-6-2-1-3-7-11/h1-10H. The molecule has 3 rings (SSSR count). The van der Waals surface area contributed by atoms with Crippen LogP contribution in [0.1, 0.15) is 10.4 Å². The molecule has 0 atom stereocenters. The maximum absolute atomic E-state index is 12.8. The average Bonchev–Trinajstić information content (AvgIpc) is 2.94. The molecule has 3 aromatic rings. The van der Waals surface area contributed by atoms with Crippen molar-refractivity contribution in [3.63, 3.8) is 0 Å². The maximum Gasteiger partial charge on any atom is 0.454 e. The van der Waals surface area contributed by atoms with Gasteiger partial charge in [-0.05, 0) is 18.2 Å². The quantitative estimate of drug-likeness (QED) is 0.676. The summed E-state index contributed by atoms with van der Waals surface area (Å²) in [7, 11) is -4.13. The van der Waals surface area contributed by atoms with Crippen LogP contribution >= 0.6 is 0 Å². The summed E-state index contributed by atoms with van der Waals surface area (Å²) in [5, 5.41) is -0.0701. The number of carbonyl (C=O) groups is 1. The lowest BCUT2D eigenvalue weighted by Crippen LogP contribution is -2.22. The van der Waals surface area contributed by atoms with Crippen molar-refractivity contribution in [1.29, 1.82) is 0 Å². The number of carbonyl (C=O) groups excluding carboxylic acids is 1. The number of aromatic nitrogens is 1. The molecule has 0 saturated carbocycles. The number of Topliss-reactive ketones (excluding diaryl/α,β-unsaturated/α-hetero) is 1. The number of alkyl halides is 3. The summed E-state index contributed by atoms with van der Waals surface area (Å²) in [5.74, 6) is -2.08. The number of hydrogen-bond acceptors (Lipinski definition) is 3. The van der Waals surface area contributed by atoms with Gasteiger partial charge in [-0.3, -0.25) is 4.79 Å². The Morgan fingerprint density at radius 1 is 0.917 bits per heavy atom. The minimum absolute atomic E-state index is 0.00829. The highest BCUT2D eigenvalue weighted by Gasteiger charge is 2.41. The lowest BCUT2D eigenvalue weighted by Gasteiger charge is -2.07. The van der Waals surface area contributed by atoms with Crippen molar-refractivity contribution in [1.82, 2.24) is 3.97 Å². The topological polar surface area (TPSA) is 56.1 Å². The third-order valence-corrected chi connectivity index (χ3v) is 5.17. The zero-order valence-corrected chi connectivity index (χ0v) is 12.8. The molecule has 0 bridgehead atoms. The molecule has 1 heterocycles. The van der Waals surface area contributed by atoms with Crippen LogP contribution in [-0.4, -0.2) is 24.3 Å². The molecular weight excluding hydrogens is 343 g/mol. The lowest BCUT2D eigenvalue weighted by atomic mass is 10.1. The second-order valence-electron chi connectivity index (χ2n) is 5.00. The van der Waals surface area contributed by atoms with Crippen molar-refractivity contribution in [2.75, 3.05) is 0 Å². The molecule has 4 nitrogen and oxygen atoms in total.